The second kappa shape index (κ2) is 10.5. The molecule has 4 heteroatoms. The lowest BCUT2D eigenvalue weighted by Crippen LogP contribution is -2.55. The van der Waals surface area contributed by atoms with Gasteiger partial charge in [-0.05, 0) is 24.5 Å². The molecule has 5 rings (SSSR count). The highest BCUT2D eigenvalue weighted by Crippen LogP contribution is 2.44. The molecule has 1 saturated carbocycles. The number of para-hydroxylation sites is 2. The van der Waals surface area contributed by atoms with Crippen LogP contribution in [0.4, 0.5) is 0 Å². The smallest absolute Gasteiger partial charge is 0.232 e. The van der Waals surface area contributed by atoms with E-state index in [1.165, 1.54) is 75.5 Å². The molecule has 2 aliphatic heterocycles. The molecule has 1 aliphatic carbocycles. The fourth-order valence-electron chi connectivity index (χ4n) is 6.36. The summed E-state index contributed by atoms with van der Waals surface area (Å²) in [5, 5.41) is 3.42. The number of fused-ring (bicyclic) bond motifs is 2. The maximum Gasteiger partial charge on any atom is 0.232 e. The number of likely N-dealkylation sites (tertiary alicyclic amines) is 1. The van der Waals surface area contributed by atoms with Gasteiger partial charge in [0.25, 0.3) is 0 Å². The van der Waals surface area contributed by atoms with Gasteiger partial charge in [-0.25, -0.2) is 0 Å². The Bertz CT molecular complexity index is 926. The SMILES string of the molecule is C[N+]1(CCC2CCCCCCC2)CCC(NC(=O)C2c3ccccc3Oc3ccccc32)CC1. The lowest BCUT2D eigenvalue weighted by atomic mass is 9.86. The number of hydrogen-bond acceptors (Lipinski definition) is 2. The molecule has 2 aromatic rings. The molecule has 2 aromatic carbocycles. The minimum absolute atomic E-state index is 0.110. The van der Waals surface area contributed by atoms with Gasteiger partial charge in [-0.1, -0.05) is 81.3 Å². The van der Waals surface area contributed by atoms with Crippen LogP contribution in [0.3, 0.4) is 0 Å². The summed E-state index contributed by atoms with van der Waals surface area (Å²) in [6.07, 6.45) is 13.6. The van der Waals surface area contributed by atoms with E-state index in [4.69, 9.17) is 4.74 Å². The Labute approximate surface area is 205 Å². The van der Waals surface area contributed by atoms with Crippen molar-refractivity contribution in [2.24, 2.45) is 5.92 Å². The van der Waals surface area contributed by atoms with Crippen molar-refractivity contribution in [1.29, 1.82) is 0 Å². The summed E-state index contributed by atoms with van der Waals surface area (Å²) in [6.45, 7) is 3.63. The van der Waals surface area contributed by atoms with Crippen molar-refractivity contribution < 1.29 is 14.0 Å². The highest BCUT2D eigenvalue weighted by atomic mass is 16.5. The van der Waals surface area contributed by atoms with E-state index in [1.54, 1.807) is 0 Å². The number of nitrogens with one attached hydrogen (secondary N) is 1. The summed E-state index contributed by atoms with van der Waals surface area (Å²) >= 11 is 0. The number of carbonyl (C=O) groups is 1. The summed E-state index contributed by atoms with van der Waals surface area (Å²) in [4.78, 5) is 13.6. The van der Waals surface area contributed by atoms with E-state index in [2.05, 4.69) is 12.4 Å². The highest BCUT2D eigenvalue weighted by Gasteiger charge is 2.36. The Morgan fingerprint density at radius 2 is 1.41 bits per heavy atom. The molecule has 0 bridgehead atoms. The quantitative estimate of drug-likeness (QED) is 0.523. The van der Waals surface area contributed by atoms with Crippen LogP contribution in [0.1, 0.15) is 81.3 Å². The lowest BCUT2D eigenvalue weighted by Gasteiger charge is -2.42. The molecule has 2 fully saturated rings. The number of rotatable bonds is 5. The minimum Gasteiger partial charge on any atom is -0.457 e. The van der Waals surface area contributed by atoms with Gasteiger partial charge in [-0.3, -0.25) is 4.79 Å². The third-order valence-corrected chi connectivity index (χ3v) is 8.63. The van der Waals surface area contributed by atoms with Crippen molar-refractivity contribution in [3.05, 3.63) is 59.7 Å². The molecule has 0 atom stereocenters. The molecule has 2 heterocycles. The van der Waals surface area contributed by atoms with Crippen LogP contribution in [0.2, 0.25) is 0 Å². The highest BCUT2D eigenvalue weighted by molar-refractivity contribution is 5.89. The predicted octanol–water partition coefficient (Wildman–Crippen LogP) is 6.40. The van der Waals surface area contributed by atoms with Gasteiger partial charge in [0, 0.05) is 30.0 Å². The lowest BCUT2D eigenvalue weighted by molar-refractivity contribution is -0.914. The van der Waals surface area contributed by atoms with Gasteiger partial charge in [0.2, 0.25) is 5.91 Å². The molecule has 0 aromatic heterocycles. The van der Waals surface area contributed by atoms with Crippen LogP contribution < -0.4 is 10.1 Å². The Morgan fingerprint density at radius 1 is 0.853 bits per heavy atom. The van der Waals surface area contributed by atoms with E-state index in [0.29, 0.717) is 0 Å². The first-order chi connectivity index (χ1) is 16.6. The normalized spacial score (nSPS) is 25.9. The number of benzene rings is 2. The summed E-state index contributed by atoms with van der Waals surface area (Å²) in [7, 11) is 2.44. The van der Waals surface area contributed by atoms with Crippen molar-refractivity contribution in [2.75, 3.05) is 26.7 Å². The van der Waals surface area contributed by atoms with E-state index in [9.17, 15) is 4.79 Å². The Balaban J connectivity index is 1.18. The first-order valence-corrected chi connectivity index (χ1v) is 13.6. The van der Waals surface area contributed by atoms with Crippen LogP contribution >= 0.6 is 0 Å². The van der Waals surface area contributed by atoms with Gasteiger partial charge in [0.1, 0.15) is 11.5 Å². The van der Waals surface area contributed by atoms with Crippen LogP contribution in [0.25, 0.3) is 0 Å². The largest absolute Gasteiger partial charge is 0.457 e. The molecule has 0 radical (unpaired) electrons. The van der Waals surface area contributed by atoms with Crippen molar-refractivity contribution >= 4 is 5.91 Å². The molecular formula is C30H41N2O2+. The molecule has 1 saturated heterocycles. The Kier molecular flexibility index (Phi) is 7.24. The summed E-state index contributed by atoms with van der Waals surface area (Å²) in [6, 6.07) is 16.2. The third kappa shape index (κ3) is 5.33. The molecule has 34 heavy (non-hydrogen) atoms. The third-order valence-electron chi connectivity index (χ3n) is 8.63. The average molecular weight is 462 g/mol. The van der Waals surface area contributed by atoms with E-state index < -0.39 is 0 Å². The average Bonchev–Trinajstić information content (AvgIpc) is 2.83. The van der Waals surface area contributed by atoms with Crippen molar-refractivity contribution in [1.82, 2.24) is 5.32 Å². The summed E-state index contributed by atoms with van der Waals surface area (Å²) < 4.78 is 7.26. The molecular weight excluding hydrogens is 420 g/mol. The minimum atomic E-state index is -0.303. The van der Waals surface area contributed by atoms with Crippen LogP contribution in [0, 0.1) is 5.92 Å². The first kappa shape index (κ1) is 23.4. The maximum atomic E-state index is 13.6. The predicted molar refractivity (Wildman–Crippen MR) is 137 cm³/mol. The van der Waals surface area contributed by atoms with Crippen LogP contribution in [-0.4, -0.2) is 43.1 Å². The number of carbonyl (C=O) groups excluding carboxylic acids is 1. The fourth-order valence-corrected chi connectivity index (χ4v) is 6.36. The zero-order valence-electron chi connectivity index (χ0n) is 20.8. The molecule has 4 nitrogen and oxygen atoms in total. The molecule has 1 amide bonds. The van der Waals surface area contributed by atoms with Gasteiger partial charge in [-0.15, -0.1) is 0 Å². The molecule has 3 aliphatic rings. The number of quaternary nitrogens is 1. The molecule has 182 valence electrons. The van der Waals surface area contributed by atoms with Crippen LogP contribution in [0.5, 0.6) is 11.5 Å². The van der Waals surface area contributed by atoms with Gasteiger partial charge >= 0.3 is 0 Å². The van der Waals surface area contributed by atoms with E-state index >= 15 is 0 Å². The number of hydrogen-bond donors (Lipinski definition) is 1. The van der Waals surface area contributed by atoms with E-state index in [0.717, 1.165) is 41.4 Å². The maximum absolute atomic E-state index is 13.6. The molecule has 0 spiro atoms. The zero-order valence-corrected chi connectivity index (χ0v) is 20.8. The Hall–Kier alpha value is -2.33. The van der Waals surface area contributed by atoms with E-state index in [1.807, 2.05) is 48.5 Å². The number of nitrogens with zero attached hydrogens (tertiary/aromatic N) is 1. The number of amides is 1. The second-order valence-corrected chi connectivity index (χ2v) is 11.2. The number of piperidine rings is 1. The molecule has 0 unspecified atom stereocenters. The van der Waals surface area contributed by atoms with Gasteiger partial charge in [-0.2, -0.15) is 0 Å². The van der Waals surface area contributed by atoms with Crippen LogP contribution in [0.15, 0.2) is 48.5 Å². The standard InChI is InChI=1S/C30H40N2O2/c1-32(20-17-23-11-5-3-2-4-6-12-23)21-18-24(19-22-32)31-30(33)29-25-13-7-9-15-27(25)34-28-16-10-8-14-26(28)29/h7-10,13-16,23-24,29H,2-6,11-12,17-22H2,1H3/p+1. The van der Waals surface area contributed by atoms with Crippen molar-refractivity contribution in [3.8, 4) is 11.5 Å². The zero-order chi connectivity index (χ0) is 23.4. The second-order valence-electron chi connectivity index (χ2n) is 11.2. The fraction of sp³-hybridized carbons (Fsp3) is 0.567. The van der Waals surface area contributed by atoms with Crippen LogP contribution in [-0.2, 0) is 4.79 Å². The monoisotopic (exact) mass is 461 g/mol. The van der Waals surface area contributed by atoms with Crippen molar-refractivity contribution in [3.63, 3.8) is 0 Å². The van der Waals surface area contributed by atoms with Gasteiger partial charge in [0.05, 0.1) is 32.6 Å². The summed E-state index contributed by atoms with van der Waals surface area (Å²) in [5.41, 5.74) is 1.93. The first-order valence-electron chi connectivity index (χ1n) is 13.6. The van der Waals surface area contributed by atoms with E-state index in [-0.39, 0.29) is 17.9 Å². The van der Waals surface area contributed by atoms with Crippen molar-refractivity contribution in [2.45, 2.75) is 76.2 Å². The molecule has 1 N–H and O–H groups in total. The Morgan fingerprint density at radius 3 is 2.03 bits per heavy atom. The van der Waals surface area contributed by atoms with Gasteiger partial charge < -0.3 is 14.5 Å². The number of ether oxygens (including phenoxy) is 1. The topological polar surface area (TPSA) is 38.3 Å². The summed E-state index contributed by atoms with van der Waals surface area (Å²) in [5.74, 6) is 2.33. The van der Waals surface area contributed by atoms with Gasteiger partial charge in [0.15, 0.2) is 0 Å².